The van der Waals surface area contributed by atoms with Crippen LogP contribution >= 0.6 is 0 Å². The first-order valence-electron chi connectivity index (χ1n) is 7.63. The molecule has 1 atom stereocenters. The Hall–Kier alpha value is -2.53. The van der Waals surface area contributed by atoms with E-state index in [1.54, 1.807) is 23.1 Å². The van der Waals surface area contributed by atoms with E-state index in [1.165, 1.54) is 0 Å². The maximum Gasteiger partial charge on any atom is 0.268 e. The number of anilines is 2. The van der Waals surface area contributed by atoms with Crippen LogP contribution in [-0.2, 0) is 11.2 Å². The van der Waals surface area contributed by atoms with E-state index in [9.17, 15) is 9.90 Å². The number of amides is 1. The van der Waals surface area contributed by atoms with Crippen molar-refractivity contribution in [1.82, 2.24) is 0 Å². The number of β-amino-alcohol motifs (C(OH)–C–C–N with tert-alkyl or cyclic N) is 1. The second-order valence-corrected chi connectivity index (χ2v) is 5.68. The highest BCUT2D eigenvalue weighted by atomic mass is 16.5. The minimum absolute atomic E-state index is 0.114. The Morgan fingerprint density at radius 3 is 2.78 bits per heavy atom. The van der Waals surface area contributed by atoms with Crippen molar-refractivity contribution < 1.29 is 14.6 Å². The van der Waals surface area contributed by atoms with Crippen LogP contribution in [0.15, 0.2) is 42.5 Å². The molecule has 1 unspecified atom stereocenters. The number of nitrogen functional groups attached to an aromatic ring is 1. The first kappa shape index (κ1) is 15.4. The molecule has 1 aliphatic heterocycles. The Labute approximate surface area is 135 Å². The number of hydrogen-bond donors (Lipinski definition) is 2. The molecule has 5 heteroatoms. The third kappa shape index (κ3) is 3.00. The number of rotatable bonds is 4. The number of aliphatic hydroxyl groups excluding tert-OH is 1. The van der Waals surface area contributed by atoms with Crippen molar-refractivity contribution in [2.75, 3.05) is 23.8 Å². The number of ether oxygens (including phenoxy) is 1. The van der Waals surface area contributed by atoms with Crippen LogP contribution in [0.3, 0.4) is 0 Å². The van der Waals surface area contributed by atoms with Crippen molar-refractivity contribution in [3.63, 3.8) is 0 Å². The van der Waals surface area contributed by atoms with E-state index in [0.29, 0.717) is 23.5 Å². The number of nitrogens with two attached hydrogens (primary N) is 1. The van der Waals surface area contributed by atoms with Crippen molar-refractivity contribution in [1.29, 1.82) is 0 Å². The van der Waals surface area contributed by atoms with Crippen LogP contribution in [0, 0.1) is 6.92 Å². The van der Waals surface area contributed by atoms with Gasteiger partial charge in [-0.05, 0) is 36.2 Å². The van der Waals surface area contributed by atoms with E-state index >= 15 is 0 Å². The zero-order chi connectivity index (χ0) is 16.4. The minimum atomic E-state index is -0.598. The summed E-state index contributed by atoms with van der Waals surface area (Å²) in [6.07, 6.45) is -0.101. The Morgan fingerprint density at radius 2 is 2.04 bits per heavy atom. The fourth-order valence-electron chi connectivity index (χ4n) is 2.84. The Kier molecular flexibility index (Phi) is 4.21. The molecule has 3 N–H and O–H groups in total. The van der Waals surface area contributed by atoms with Gasteiger partial charge < -0.3 is 20.5 Å². The lowest BCUT2D eigenvalue weighted by Gasteiger charge is -2.34. The molecule has 0 saturated heterocycles. The lowest BCUT2D eigenvalue weighted by atomic mass is 10.0. The fraction of sp³-hybridized carbons (Fsp3) is 0.278. The highest BCUT2D eigenvalue weighted by Gasteiger charge is 2.34. The van der Waals surface area contributed by atoms with Gasteiger partial charge in [-0.1, -0.05) is 24.3 Å². The number of benzene rings is 2. The summed E-state index contributed by atoms with van der Waals surface area (Å²) in [4.78, 5) is 14.3. The summed E-state index contributed by atoms with van der Waals surface area (Å²) in [5.74, 6) is 0.464. The molecule has 23 heavy (non-hydrogen) atoms. The van der Waals surface area contributed by atoms with Gasteiger partial charge in [0.1, 0.15) is 5.75 Å². The first-order chi connectivity index (χ1) is 11.1. The maximum absolute atomic E-state index is 12.8. The summed E-state index contributed by atoms with van der Waals surface area (Å²) >= 11 is 0. The summed E-state index contributed by atoms with van der Waals surface area (Å²) in [5, 5.41) is 9.29. The first-order valence-corrected chi connectivity index (χ1v) is 7.63. The third-order valence-electron chi connectivity index (χ3n) is 4.07. The van der Waals surface area contributed by atoms with E-state index in [0.717, 1.165) is 11.1 Å². The zero-order valence-electron chi connectivity index (χ0n) is 13.0. The Balaban J connectivity index is 1.93. The predicted octanol–water partition coefficient (Wildman–Crippen LogP) is 1.91. The summed E-state index contributed by atoms with van der Waals surface area (Å²) < 4.78 is 5.91. The molecule has 5 nitrogen and oxygen atoms in total. The van der Waals surface area contributed by atoms with Crippen LogP contribution in [0.1, 0.15) is 11.1 Å². The molecule has 0 spiro atoms. The van der Waals surface area contributed by atoms with Crippen molar-refractivity contribution >= 4 is 17.3 Å². The van der Waals surface area contributed by atoms with Crippen molar-refractivity contribution in [2.24, 2.45) is 0 Å². The molecule has 0 aromatic heterocycles. The van der Waals surface area contributed by atoms with Gasteiger partial charge in [-0.15, -0.1) is 0 Å². The number of nitrogens with zero attached hydrogens (tertiary/aromatic N) is 1. The quantitative estimate of drug-likeness (QED) is 0.846. The van der Waals surface area contributed by atoms with Crippen molar-refractivity contribution in [3.05, 3.63) is 53.6 Å². The number of hydrogen-bond acceptors (Lipinski definition) is 4. The second kappa shape index (κ2) is 6.30. The number of fused-ring (bicyclic) bond motifs is 1. The maximum atomic E-state index is 12.8. The average Bonchev–Trinajstić information content (AvgIpc) is 2.54. The van der Waals surface area contributed by atoms with Gasteiger partial charge in [-0.3, -0.25) is 4.79 Å². The van der Waals surface area contributed by atoms with Crippen LogP contribution < -0.4 is 15.4 Å². The minimum Gasteiger partial charge on any atom is -0.478 e. The molecule has 0 aliphatic carbocycles. The van der Waals surface area contributed by atoms with Gasteiger partial charge >= 0.3 is 0 Å². The fourth-order valence-corrected chi connectivity index (χ4v) is 2.84. The van der Waals surface area contributed by atoms with Crippen LogP contribution in [0.2, 0.25) is 0 Å². The van der Waals surface area contributed by atoms with Gasteiger partial charge in [0.05, 0.1) is 12.3 Å². The monoisotopic (exact) mass is 312 g/mol. The van der Waals surface area contributed by atoms with E-state index in [4.69, 9.17) is 10.5 Å². The van der Waals surface area contributed by atoms with Crippen LogP contribution in [0.25, 0.3) is 0 Å². The van der Waals surface area contributed by atoms with Gasteiger partial charge in [0.2, 0.25) is 0 Å². The van der Waals surface area contributed by atoms with Gasteiger partial charge in [0, 0.05) is 18.7 Å². The molecule has 1 heterocycles. The Morgan fingerprint density at radius 1 is 1.26 bits per heavy atom. The van der Waals surface area contributed by atoms with E-state index in [1.807, 2.05) is 31.2 Å². The summed E-state index contributed by atoms with van der Waals surface area (Å²) in [6, 6.07) is 13.2. The van der Waals surface area contributed by atoms with Crippen molar-refractivity contribution in [2.45, 2.75) is 19.4 Å². The van der Waals surface area contributed by atoms with Crippen molar-refractivity contribution in [3.8, 4) is 5.75 Å². The predicted molar refractivity (Wildman–Crippen MR) is 89.6 cm³/mol. The van der Waals surface area contributed by atoms with Gasteiger partial charge in [-0.2, -0.15) is 0 Å². The second-order valence-electron chi connectivity index (χ2n) is 5.68. The molecule has 1 aliphatic rings. The topological polar surface area (TPSA) is 75.8 Å². The molecule has 120 valence electrons. The molecule has 0 bridgehead atoms. The molecule has 0 fully saturated rings. The highest BCUT2D eigenvalue weighted by molar-refractivity contribution is 6.00. The van der Waals surface area contributed by atoms with Crippen LogP contribution in [-0.4, -0.2) is 30.3 Å². The summed E-state index contributed by atoms with van der Waals surface area (Å²) in [5.41, 5.74) is 9.18. The number of carbonyl (C=O) groups is 1. The lowest BCUT2D eigenvalue weighted by molar-refractivity contribution is -0.126. The van der Waals surface area contributed by atoms with Crippen LogP contribution in [0.4, 0.5) is 11.4 Å². The molecule has 0 saturated carbocycles. The molecular formula is C18H20N2O3. The molecular weight excluding hydrogens is 292 g/mol. The number of carbonyl (C=O) groups excluding carboxylic acids is 1. The number of aryl methyl sites for hydroxylation is 1. The molecule has 1 amide bonds. The van der Waals surface area contributed by atoms with E-state index in [2.05, 4.69) is 0 Å². The Bertz CT molecular complexity index is 730. The summed E-state index contributed by atoms with van der Waals surface area (Å²) in [6.45, 7) is 2.13. The van der Waals surface area contributed by atoms with Gasteiger partial charge in [0.15, 0.2) is 6.10 Å². The van der Waals surface area contributed by atoms with Gasteiger partial charge in [-0.25, -0.2) is 0 Å². The average molecular weight is 312 g/mol. The van der Waals surface area contributed by atoms with E-state index < -0.39 is 6.10 Å². The van der Waals surface area contributed by atoms with E-state index in [-0.39, 0.29) is 19.1 Å². The normalized spacial score (nSPS) is 16.9. The molecule has 3 rings (SSSR count). The summed E-state index contributed by atoms with van der Waals surface area (Å²) in [7, 11) is 0. The lowest BCUT2D eigenvalue weighted by Crippen LogP contribution is -2.48. The SMILES string of the molecule is Cc1ccccc1CC1Oc2ccc(N)cc2N(CCO)C1=O. The largest absolute Gasteiger partial charge is 0.478 e. The standard InChI is InChI=1S/C18H20N2O3/c1-12-4-2-3-5-13(12)10-17-18(22)20(8-9-21)15-11-14(19)6-7-16(15)23-17/h2-7,11,17,21H,8-10,19H2,1H3. The molecule has 2 aromatic carbocycles. The smallest absolute Gasteiger partial charge is 0.268 e. The molecule has 0 radical (unpaired) electrons. The number of aliphatic hydroxyl groups is 1. The van der Waals surface area contributed by atoms with Gasteiger partial charge in [0.25, 0.3) is 5.91 Å². The zero-order valence-corrected chi connectivity index (χ0v) is 13.0. The van der Waals surface area contributed by atoms with Crippen LogP contribution in [0.5, 0.6) is 5.75 Å². The molecule has 2 aromatic rings. The highest BCUT2D eigenvalue weighted by Crippen LogP contribution is 2.36. The third-order valence-corrected chi connectivity index (χ3v) is 4.07.